The van der Waals surface area contributed by atoms with Crippen molar-refractivity contribution >= 4 is 0 Å². The van der Waals surface area contributed by atoms with Crippen LogP contribution in [0, 0.1) is 0 Å². The lowest BCUT2D eigenvalue weighted by molar-refractivity contribution is 0.886. The van der Waals surface area contributed by atoms with Gasteiger partial charge in [-0.05, 0) is 101 Å². The van der Waals surface area contributed by atoms with Crippen LogP contribution < -0.4 is 0 Å². The van der Waals surface area contributed by atoms with Crippen LogP contribution in [0.1, 0.15) is 78.6 Å². The summed E-state index contributed by atoms with van der Waals surface area (Å²) in [5.74, 6) is 0. The number of hydrogen-bond donors (Lipinski definition) is 0. The standard InChI is InChI=1S/C22H32/c1-5-11-21(17(3)19-13-7-8-14-19)22(12-6-2)18(4)20-15-9-10-16-20/h5-6,12H,1,7-11,13-16H2,2-4H3/b12-6-,22-21-. The predicted molar refractivity (Wildman–Crippen MR) is 99.0 cm³/mol. The molecular formula is C22H32. The molecule has 22 heavy (non-hydrogen) atoms. The maximum absolute atomic E-state index is 4.01. The Morgan fingerprint density at radius 1 is 0.909 bits per heavy atom. The molecule has 2 aliphatic carbocycles. The van der Waals surface area contributed by atoms with Gasteiger partial charge in [0.2, 0.25) is 0 Å². The summed E-state index contributed by atoms with van der Waals surface area (Å²) >= 11 is 0. The first-order chi connectivity index (χ1) is 10.7. The summed E-state index contributed by atoms with van der Waals surface area (Å²) in [7, 11) is 0. The Bertz CT molecular complexity index is 518. The highest BCUT2D eigenvalue weighted by Gasteiger charge is 2.17. The molecule has 120 valence electrons. The molecule has 0 aromatic rings. The zero-order chi connectivity index (χ0) is 15.9. The highest BCUT2D eigenvalue weighted by molar-refractivity contribution is 5.53. The quantitative estimate of drug-likeness (QED) is 0.371. The molecule has 0 atom stereocenters. The summed E-state index contributed by atoms with van der Waals surface area (Å²) < 4.78 is 0. The number of allylic oxidation sites excluding steroid dienone is 9. The molecule has 0 aromatic heterocycles. The van der Waals surface area contributed by atoms with Gasteiger partial charge in [0.05, 0.1) is 0 Å². The van der Waals surface area contributed by atoms with E-state index in [0.29, 0.717) is 0 Å². The van der Waals surface area contributed by atoms with Gasteiger partial charge in [-0.2, -0.15) is 0 Å². The second-order valence-electron chi connectivity index (χ2n) is 6.76. The van der Waals surface area contributed by atoms with E-state index in [1.165, 1.54) is 68.1 Å². The minimum Gasteiger partial charge on any atom is -0.103 e. The van der Waals surface area contributed by atoms with Gasteiger partial charge in [-0.1, -0.05) is 29.4 Å². The fourth-order valence-electron chi connectivity index (χ4n) is 3.99. The largest absolute Gasteiger partial charge is 0.103 e. The van der Waals surface area contributed by atoms with Crippen molar-refractivity contribution in [2.45, 2.75) is 78.6 Å². The average Bonchev–Trinajstić information content (AvgIpc) is 3.22. The zero-order valence-corrected chi connectivity index (χ0v) is 14.8. The van der Waals surface area contributed by atoms with E-state index < -0.39 is 0 Å². The molecule has 0 bridgehead atoms. The molecule has 0 radical (unpaired) electrons. The fourth-order valence-corrected chi connectivity index (χ4v) is 3.99. The summed E-state index contributed by atoms with van der Waals surface area (Å²) in [6.45, 7) is 10.8. The van der Waals surface area contributed by atoms with Crippen molar-refractivity contribution in [1.29, 1.82) is 0 Å². The van der Waals surface area contributed by atoms with Crippen molar-refractivity contribution in [3.05, 3.63) is 58.2 Å². The lowest BCUT2D eigenvalue weighted by Gasteiger charge is -2.17. The van der Waals surface area contributed by atoms with Gasteiger partial charge in [-0.15, -0.1) is 6.58 Å². The monoisotopic (exact) mass is 296 g/mol. The molecule has 0 aromatic carbocycles. The Labute approximate surface area is 137 Å². The van der Waals surface area contributed by atoms with E-state index in [1.807, 2.05) is 0 Å². The van der Waals surface area contributed by atoms with E-state index in [-0.39, 0.29) is 0 Å². The van der Waals surface area contributed by atoms with Crippen LogP contribution in [0.15, 0.2) is 58.2 Å². The third kappa shape index (κ3) is 3.91. The number of rotatable bonds is 5. The van der Waals surface area contributed by atoms with E-state index in [4.69, 9.17) is 0 Å². The molecule has 0 unspecified atom stereocenters. The van der Waals surface area contributed by atoms with Gasteiger partial charge in [0.1, 0.15) is 0 Å². The Morgan fingerprint density at radius 3 is 1.86 bits per heavy atom. The van der Waals surface area contributed by atoms with Gasteiger partial charge >= 0.3 is 0 Å². The first-order valence-electron chi connectivity index (χ1n) is 9.03. The molecule has 0 heterocycles. The Hall–Kier alpha value is -1.30. The maximum Gasteiger partial charge on any atom is -0.00915 e. The van der Waals surface area contributed by atoms with Crippen LogP contribution in [0.2, 0.25) is 0 Å². The van der Waals surface area contributed by atoms with E-state index in [2.05, 4.69) is 45.6 Å². The van der Waals surface area contributed by atoms with Gasteiger partial charge in [-0.3, -0.25) is 0 Å². The van der Waals surface area contributed by atoms with Crippen molar-refractivity contribution in [1.82, 2.24) is 0 Å². The average molecular weight is 296 g/mol. The van der Waals surface area contributed by atoms with Crippen molar-refractivity contribution in [2.24, 2.45) is 0 Å². The zero-order valence-electron chi connectivity index (χ0n) is 14.8. The van der Waals surface area contributed by atoms with Crippen molar-refractivity contribution in [2.75, 3.05) is 0 Å². The van der Waals surface area contributed by atoms with E-state index in [9.17, 15) is 0 Å². The Balaban J connectivity index is 2.54. The highest BCUT2D eigenvalue weighted by Crippen LogP contribution is 2.37. The molecule has 0 aliphatic heterocycles. The fraction of sp³-hybridized carbons (Fsp3) is 0.545. The molecule has 2 fully saturated rings. The normalized spacial score (nSPS) is 19.8. The van der Waals surface area contributed by atoms with Crippen LogP contribution >= 0.6 is 0 Å². The molecule has 0 N–H and O–H groups in total. The topological polar surface area (TPSA) is 0 Å². The van der Waals surface area contributed by atoms with Crippen molar-refractivity contribution in [3.8, 4) is 0 Å². The summed E-state index contributed by atoms with van der Waals surface area (Å²) in [4.78, 5) is 0. The van der Waals surface area contributed by atoms with Gasteiger partial charge in [-0.25, -0.2) is 0 Å². The third-order valence-electron chi connectivity index (χ3n) is 5.34. The first kappa shape index (κ1) is 17.1. The van der Waals surface area contributed by atoms with E-state index in [1.54, 1.807) is 16.7 Å². The summed E-state index contributed by atoms with van der Waals surface area (Å²) in [5, 5.41) is 0. The van der Waals surface area contributed by atoms with Crippen LogP contribution in [0.3, 0.4) is 0 Å². The van der Waals surface area contributed by atoms with Crippen LogP contribution in [0.25, 0.3) is 0 Å². The molecule has 0 amide bonds. The van der Waals surface area contributed by atoms with Crippen LogP contribution in [-0.2, 0) is 0 Å². The maximum atomic E-state index is 4.01. The minimum atomic E-state index is 0.986. The Kier molecular flexibility index (Phi) is 6.49. The first-order valence-corrected chi connectivity index (χ1v) is 9.03. The van der Waals surface area contributed by atoms with Crippen molar-refractivity contribution in [3.63, 3.8) is 0 Å². The van der Waals surface area contributed by atoms with Crippen LogP contribution in [-0.4, -0.2) is 0 Å². The minimum absolute atomic E-state index is 0.986. The smallest absolute Gasteiger partial charge is 0.00915 e. The summed E-state index contributed by atoms with van der Waals surface area (Å²) in [6, 6.07) is 0. The van der Waals surface area contributed by atoms with Crippen molar-refractivity contribution < 1.29 is 0 Å². The molecule has 2 saturated carbocycles. The molecule has 0 nitrogen and oxygen atoms in total. The molecule has 0 heteroatoms. The molecule has 2 aliphatic rings. The van der Waals surface area contributed by atoms with Gasteiger partial charge in [0.25, 0.3) is 0 Å². The SMILES string of the molecule is C=CC/C(C(C)=C1CCCC1)=C(\C=C/C)C(C)=C1CCCC1. The summed E-state index contributed by atoms with van der Waals surface area (Å²) in [6.07, 6.45) is 18.2. The van der Waals surface area contributed by atoms with E-state index in [0.717, 1.165) is 6.42 Å². The molecule has 2 rings (SSSR count). The molecule has 0 saturated heterocycles. The van der Waals surface area contributed by atoms with Gasteiger partial charge < -0.3 is 0 Å². The van der Waals surface area contributed by atoms with E-state index >= 15 is 0 Å². The molecule has 0 spiro atoms. The predicted octanol–water partition coefficient (Wildman–Crippen LogP) is 7.22. The number of hydrogen-bond acceptors (Lipinski definition) is 0. The third-order valence-corrected chi connectivity index (χ3v) is 5.34. The second kappa shape index (κ2) is 8.36. The van der Waals surface area contributed by atoms with Gasteiger partial charge in [0.15, 0.2) is 0 Å². The van der Waals surface area contributed by atoms with Crippen LogP contribution in [0.4, 0.5) is 0 Å². The molecular weight excluding hydrogens is 264 g/mol. The lowest BCUT2D eigenvalue weighted by Crippen LogP contribution is -1.98. The highest BCUT2D eigenvalue weighted by atomic mass is 14.2. The second-order valence-corrected chi connectivity index (χ2v) is 6.76. The summed E-state index contributed by atoms with van der Waals surface area (Å²) in [5.41, 5.74) is 9.42. The Morgan fingerprint density at radius 2 is 1.41 bits per heavy atom. The lowest BCUT2D eigenvalue weighted by atomic mass is 9.88. The van der Waals surface area contributed by atoms with Crippen LogP contribution in [0.5, 0.6) is 0 Å². The van der Waals surface area contributed by atoms with Gasteiger partial charge in [0, 0.05) is 0 Å².